The van der Waals surface area contributed by atoms with Gasteiger partial charge in [-0.15, -0.1) is 0 Å². The van der Waals surface area contributed by atoms with Crippen LogP contribution in [0.15, 0.2) is 48.3 Å². The predicted molar refractivity (Wildman–Crippen MR) is 129 cm³/mol. The van der Waals surface area contributed by atoms with Gasteiger partial charge in [0.05, 0.1) is 11.2 Å². The number of benzene rings is 1. The van der Waals surface area contributed by atoms with Crippen molar-refractivity contribution in [1.82, 2.24) is 10.3 Å². The molecule has 3 heteroatoms. The number of pyridine rings is 1. The Morgan fingerprint density at radius 1 is 1.06 bits per heavy atom. The molecule has 7 rings (SSSR count). The molecule has 5 aliphatic rings. The molecule has 1 aromatic heterocycles. The summed E-state index contributed by atoms with van der Waals surface area (Å²) in [7, 11) is 2.14. The molecule has 2 aliphatic heterocycles. The number of rotatable bonds is 2. The van der Waals surface area contributed by atoms with Crippen LogP contribution in [-0.4, -0.2) is 29.3 Å². The maximum Gasteiger partial charge on any atom is 0.0933 e. The lowest BCUT2D eigenvalue weighted by molar-refractivity contribution is -0.194. The molecular weight excluding hydrogens is 392 g/mol. The second-order valence-corrected chi connectivity index (χ2v) is 11.8. The van der Waals surface area contributed by atoms with Crippen molar-refractivity contribution in [3.05, 3.63) is 53.9 Å². The highest BCUT2D eigenvalue weighted by Gasteiger charge is 2.68. The molecule has 3 aliphatic carbocycles. The van der Waals surface area contributed by atoms with Crippen LogP contribution in [0.2, 0.25) is 0 Å². The van der Waals surface area contributed by atoms with Crippen LogP contribution in [-0.2, 0) is 4.74 Å². The highest BCUT2D eigenvalue weighted by atomic mass is 16.5. The number of nitrogens with zero attached hydrogens (tertiary/aromatic N) is 1. The largest absolute Gasteiger partial charge is 0.364 e. The Labute approximate surface area is 192 Å². The molecule has 2 saturated carbocycles. The quantitative estimate of drug-likeness (QED) is 0.583. The Morgan fingerprint density at radius 2 is 2.00 bits per heavy atom. The molecule has 2 bridgehead atoms. The van der Waals surface area contributed by atoms with Crippen molar-refractivity contribution in [3.63, 3.8) is 0 Å². The number of allylic oxidation sites excluding steroid dienone is 1. The highest BCUT2D eigenvalue weighted by molar-refractivity contribution is 5.82. The van der Waals surface area contributed by atoms with Crippen LogP contribution in [0.4, 0.5) is 0 Å². The van der Waals surface area contributed by atoms with Crippen LogP contribution in [0.5, 0.6) is 0 Å². The first-order valence-electron chi connectivity index (χ1n) is 13.0. The summed E-state index contributed by atoms with van der Waals surface area (Å²) in [5.41, 5.74) is 3.64. The van der Waals surface area contributed by atoms with Crippen molar-refractivity contribution in [2.75, 3.05) is 7.05 Å². The van der Waals surface area contributed by atoms with Crippen molar-refractivity contribution in [2.24, 2.45) is 17.3 Å². The molecule has 3 nitrogen and oxygen atoms in total. The Bertz CT molecular complexity index is 1110. The molecule has 2 unspecified atom stereocenters. The van der Waals surface area contributed by atoms with E-state index in [2.05, 4.69) is 54.6 Å². The van der Waals surface area contributed by atoms with Gasteiger partial charge < -0.3 is 10.1 Å². The molecule has 0 amide bonds. The molecule has 2 saturated heterocycles. The van der Waals surface area contributed by atoms with Gasteiger partial charge in [-0.05, 0) is 117 Å². The number of nitrogens with one attached hydrogen (secondary N) is 1. The van der Waals surface area contributed by atoms with E-state index in [4.69, 9.17) is 4.74 Å². The average molecular weight is 429 g/mol. The molecule has 1 N–H and O–H groups in total. The summed E-state index contributed by atoms with van der Waals surface area (Å²) in [4.78, 5) is 4.38. The summed E-state index contributed by atoms with van der Waals surface area (Å²) in [6.45, 7) is 2.59. The summed E-state index contributed by atoms with van der Waals surface area (Å²) >= 11 is 0. The molecule has 4 fully saturated rings. The molecule has 2 aromatic rings. The van der Waals surface area contributed by atoms with Gasteiger partial charge in [0.2, 0.25) is 0 Å². The fourth-order valence-corrected chi connectivity index (χ4v) is 9.07. The standard InChI is InChI=1S/C29H36N2O/c1-27-11-9-23-16-22-5-6-24(30-2)17-28(22)12-13-29(23,32-28)26(27)8-7-25(27)20-4-3-19-10-14-31-18-21(19)15-20/h3-4,9-10,14-15,18,22,24-26,30H,5-8,11-13,16-17H2,1-2H3/t22?,24-,25-,26-,27?,28-,29-/m1/s1. The minimum absolute atomic E-state index is 0.0201. The minimum Gasteiger partial charge on any atom is -0.364 e. The van der Waals surface area contributed by atoms with Gasteiger partial charge in [0.1, 0.15) is 0 Å². The van der Waals surface area contributed by atoms with E-state index in [0.29, 0.717) is 17.9 Å². The van der Waals surface area contributed by atoms with E-state index >= 15 is 0 Å². The van der Waals surface area contributed by atoms with Gasteiger partial charge >= 0.3 is 0 Å². The van der Waals surface area contributed by atoms with Gasteiger partial charge in [0.15, 0.2) is 0 Å². The Morgan fingerprint density at radius 3 is 2.91 bits per heavy atom. The number of hydrogen-bond donors (Lipinski definition) is 1. The monoisotopic (exact) mass is 428 g/mol. The highest BCUT2D eigenvalue weighted by Crippen LogP contribution is 2.70. The van der Waals surface area contributed by atoms with Crippen molar-refractivity contribution in [1.29, 1.82) is 0 Å². The normalized spacial score (nSPS) is 44.6. The second kappa shape index (κ2) is 6.67. The van der Waals surface area contributed by atoms with Crippen LogP contribution in [0.3, 0.4) is 0 Å². The van der Waals surface area contributed by atoms with Gasteiger partial charge in [-0.3, -0.25) is 4.98 Å². The van der Waals surface area contributed by atoms with Crippen LogP contribution in [0.25, 0.3) is 10.8 Å². The first-order valence-corrected chi connectivity index (χ1v) is 13.0. The molecule has 1 aromatic carbocycles. The zero-order chi connectivity index (χ0) is 21.6. The lowest BCUT2D eigenvalue weighted by Crippen LogP contribution is -2.58. The van der Waals surface area contributed by atoms with E-state index in [0.717, 1.165) is 5.92 Å². The van der Waals surface area contributed by atoms with Gasteiger partial charge in [0.25, 0.3) is 0 Å². The van der Waals surface area contributed by atoms with Crippen molar-refractivity contribution in [2.45, 2.75) is 87.9 Å². The lowest BCUT2D eigenvalue weighted by atomic mass is 9.57. The number of ether oxygens (including phenoxy) is 1. The summed E-state index contributed by atoms with van der Waals surface area (Å²) in [6.07, 6.45) is 18.1. The molecule has 2 spiro atoms. The smallest absolute Gasteiger partial charge is 0.0933 e. The molecule has 3 heterocycles. The van der Waals surface area contributed by atoms with E-state index in [-0.39, 0.29) is 16.6 Å². The molecule has 168 valence electrons. The fraction of sp³-hybridized carbons (Fsp3) is 0.621. The van der Waals surface area contributed by atoms with Gasteiger partial charge in [0, 0.05) is 23.8 Å². The van der Waals surface area contributed by atoms with Gasteiger partial charge in [-0.2, -0.15) is 0 Å². The van der Waals surface area contributed by atoms with Crippen molar-refractivity contribution < 1.29 is 4.74 Å². The van der Waals surface area contributed by atoms with Crippen molar-refractivity contribution >= 4 is 10.8 Å². The first-order chi connectivity index (χ1) is 15.6. The zero-order valence-corrected chi connectivity index (χ0v) is 19.6. The summed E-state index contributed by atoms with van der Waals surface area (Å²) < 4.78 is 7.43. The third-order valence-electron chi connectivity index (χ3n) is 10.7. The SMILES string of the molecule is CN[C@@H]1CCC2CC3=CCC4(C)[C@@H](c5ccc6ccncc6c5)CC[C@H]4[C@@]34CC[C@]2(C1)O4. The predicted octanol–water partition coefficient (Wildman–Crippen LogP) is 6.14. The number of fused-ring (bicyclic) bond motifs is 2. The summed E-state index contributed by atoms with van der Waals surface area (Å²) in [6, 6.07) is 9.87. The molecule has 7 atom stereocenters. The minimum atomic E-state index is 0.0201. The summed E-state index contributed by atoms with van der Waals surface area (Å²) in [5.74, 6) is 2.00. The van der Waals surface area contributed by atoms with Crippen LogP contribution in [0.1, 0.15) is 76.2 Å². The zero-order valence-electron chi connectivity index (χ0n) is 19.6. The Hall–Kier alpha value is -1.71. The van der Waals surface area contributed by atoms with E-state index < -0.39 is 0 Å². The van der Waals surface area contributed by atoms with Crippen LogP contribution in [0, 0.1) is 17.3 Å². The third kappa shape index (κ3) is 2.47. The van der Waals surface area contributed by atoms with Crippen LogP contribution < -0.4 is 5.32 Å². The molecular formula is C29H36N2O. The molecule has 0 radical (unpaired) electrons. The lowest BCUT2D eigenvalue weighted by Gasteiger charge is -2.57. The number of aromatic nitrogens is 1. The van der Waals surface area contributed by atoms with E-state index in [1.165, 1.54) is 74.1 Å². The topological polar surface area (TPSA) is 34.2 Å². The maximum atomic E-state index is 7.43. The number of hydrogen-bond acceptors (Lipinski definition) is 3. The maximum absolute atomic E-state index is 7.43. The molecule has 32 heavy (non-hydrogen) atoms. The van der Waals surface area contributed by atoms with Gasteiger partial charge in [-0.1, -0.05) is 25.1 Å². The Balaban J connectivity index is 1.27. The van der Waals surface area contributed by atoms with E-state index in [9.17, 15) is 0 Å². The first kappa shape index (κ1) is 19.7. The third-order valence-corrected chi connectivity index (χ3v) is 10.7. The van der Waals surface area contributed by atoms with Crippen LogP contribution >= 0.6 is 0 Å². The van der Waals surface area contributed by atoms with E-state index in [1.807, 2.05) is 12.4 Å². The second-order valence-electron chi connectivity index (χ2n) is 11.8. The van der Waals surface area contributed by atoms with Crippen molar-refractivity contribution in [3.8, 4) is 0 Å². The van der Waals surface area contributed by atoms with Gasteiger partial charge in [-0.25, -0.2) is 0 Å². The fourth-order valence-electron chi connectivity index (χ4n) is 9.07. The average Bonchev–Trinajstić information content (AvgIpc) is 3.33. The Kier molecular flexibility index (Phi) is 4.11. The summed E-state index contributed by atoms with van der Waals surface area (Å²) in [5, 5.41) is 6.15. The van der Waals surface area contributed by atoms with E-state index in [1.54, 1.807) is 5.57 Å².